The Balaban J connectivity index is 2.24. The Hall–Kier alpha value is -1.94. The number of ketones is 1. The molecule has 0 aliphatic rings. The number of rotatable bonds is 3. The molecule has 0 amide bonds. The number of carbonyl (C=O) groups excluding carboxylic acids is 1. The summed E-state index contributed by atoms with van der Waals surface area (Å²) in [5.74, 6) is 0.269. The van der Waals surface area contributed by atoms with Crippen LogP contribution >= 0.6 is 11.3 Å². The second-order valence-corrected chi connectivity index (χ2v) is 5.32. The summed E-state index contributed by atoms with van der Waals surface area (Å²) in [6.45, 7) is 5.51. The Morgan fingerprint density at radius 2 is 1.89 bits per heavy atom. The van der Waals surface area contributed by atoms with Gasteiger partial charge in [0.25, 0.3) is 0 Å². The first-order valence-electron chi connectivity index (χ1n) is 5.91. The molecule has 0 radical (unpaired) electrons. The number of nitrogens with zero attached hydrogens (tertiary/aromatic N) is 1. The number of allylic oxidation sites excluding steroid dienone is 1. The molecule has 0 bridgehead atoms. The average Bonchev–Trinajstić information content (AvgIpc) is 2.79. The molecule has 0 aliphatic carbocycles. The van der Waals surface area contributed by atoms with Crippen molar-refractivity contribution in [3.8, 4) is 5.75 Å². The van der Waals surface area contributed by atoms with Gasteiger partial charge in [0.1, 0.15) is 5.75 Å². The lowest BCUT2D eigenvalue weighted by Gasteiger charge is -2.04. The molecule has 4 heteroatoms. The Kier molecular flexibility index (Phi) is 3.81. The number of phenols is 1. The van der Waals surface area contributed by atoms with Gasteiger partial charge in [-0.05, 0) is 55.7 Å². The summed E-state index contributed by atoms with van der Waals surface area (Å²) in [5.41, 5.74) is 4.95. The number of aromatic nitrogens is 1. The van der Waals surface area contributed by atoms with Crippen molar-refractivity contribution in [3.05, 3.63) is 51.0 Å². The minimum Gasteiger partial charge on any atom is -0.507 e. The maximum atomic E-state index is 12.0. The first-order valence-corrected chi connectivity index (χ1v) is 6.79. The maximum absolute atomic E-state index is 12.0. The van der Waals surface area contributed by atoms with E-state index in [-0.39, 0.29) is 5.78 Å². The maximum Gasteiger partial charge on any atom is 0.197 e. The Labute approximate surface area is 116 Å². The normalized spacial score (nSPS) is 11.1. The van der Waals surface area contributed by atoms with Crippen LogP contribution in [0, 0.1) is 20.8 Å². The van der Waals surface area contributed by atoms with Crippen molar-refractivity contribution in [1.82, 2.24) is 4.98 Å². The van der Waals surface area contributed by atoms with Gasteiger partial charge in [0.15, 0.2) is 5.78 Å². The third-order valence-electron chi connectivity index (χ3n) is 2.91. The van der Waals surface area contributed by atoms with Crippen LogP contribution < -0.4 is 0 Å². The predicted molar refractivity (Wildman–Crippen MR) is 77.8 cm³/mol. The van der Waals surface area contributed by atoms with Crippen LogP contribution in [0.15, 0.2) is 23.7 Å². The zero-order valence-corrected chi connectivity index (χ0v) is 11.9. The second kappa shape index (κ2) is 5.36. The van der Waals surface area contributed by atoms with E-state index in [1.807, 2.05) is 32.9 Å². The average molecular weight is 273 g/mol. The molecular weight excluding hydrogens is 258 g/mol. The molecule has 1 aromatic carbocycles. The molecule has 2 rings (SSSR count). The summed E-state index contributed by atoms with van der Waals surface area (Å²) in [5, 5.41) is 9.70. The lowest BCUT2D eigenvalue weighted by molar-refractivity contribution is 0.105. The van der Waals surface area contributed by atoms with E-state index in [1.54, 1.807) is 17.7 Å². The topological polar surface area (TPSA) is 50.2 Å². The number of thiazole rings is 1. The number of carbonyl (C=O) groups is 1. The minimum absolute atomic E-state index is 0.0385. The molecule has 0 fully saturated rings. The van der Waals surface area contributed by atoms with Crippen molar-refractivity contribution >= 4 is 23.2 Å². The molecule has 0 spiro atoms. The summed E-state index contributed by atoms with van der Waals surface area (Å²) in [4.78, 5) is 16.7. The van der Waals surface area contributed by atoms with Crippen LogP contribution in [0.5, 0.6) is 5.75 Å². The molecule has 1 aromatic heterocycles. The van der Waals surface area contributed by atoms with Gasteiger partial charge in [-0.3, -0.25) is 4.79 Å². The number of hydrogen-bond donors (Lipinski definition) is 1. The van der Waals surface area contributed by atoms with E-state index >= 15 is 0 Å². The van der Waals surface area contributed by atoms with Crippen LogP contribution in [0.25, 0.3) is 6.08 Å². The fourth-order valence-corrected chi connectivity index (χ4v) is 2.60. The molecule has 0 unspecified atom stereocenters. The fourth-order valence-electron chi connectivity index (χ4n) is 1.87. The van der Waals surface area contributed by atoms with Gasteiger partial charge in [-0.2, -0.15) is 0 Å². The number of benzene rings is 1. The zero-order valence-electron chi connectivity index (χ0n) is 11.1. The lowest BCUT2D eigenvalue weighted by atomic mass is 10.0. The summed E-state index contributed by atoms with van der Waals surface area (Å²) in [6, 6.07) is 3.71. The number of phenolic OH excluding ortho intramolecular Hbond substituents is 1. The Morgan fingerprint density at radius 1 is 1.26 bits per heavy atom. The van der Waals surface area contributed by atoms with Crippen molar-refractivity contribution in [1.29, 1.82) is 0 Å². The smallest absolute Gasteiger partial charge is 0.197 e. The van der Waals surface area contributed by atoms with Gasteiger partial charge in [0, 0.05) is 0 Å². The van der Waals surface area contributed by atoms with E-state index in [9.17, 15) is 9.90 Å². The zero-order chi connectivity index (χ0) is 14.0. The van der Waals surface area contributed by atoms with E-state index in [0.717, 1.165) is 22.4 Å². The van der Waals surface area contributed by atoms with E-state index in [4.69, 9.17) is 0 Å². The SMILES string of the molecule is Cc1cc(/C=C\C(=O)c2scnc2C)cc(C)c1O. The van der Waals surface area contributed by atoms with Crippen LogP contribution in [0.3, 0.4) is 0 Å². The summed E-state index contributed by atoms with van der Waals surface area (Å²) in [6.07, 6.45) is 3.31. The molecule has 98 valence electrons. The molecule has 1 N–H and O–H groups in total. The first-order chi connectivity index (χ1) is 8.99. The molecule has 19 heavy (non-hydrogen) atoms. The van der Waals surface area contributed by atoms with Gasteiger partial charge in [-0.15, -0.1) is 11.3 Å². The van der Waals surface area contributed by atoms with Crippen molar-refractivity contribution in [2.45, 2.75) is 20.8 Å². The largest absolute Gasteiger partial charge is 0.507 e. The molecule has 0 atom stereocenters. The third-order valence-corrected chi connectivity index (χ3v) is 3.85. The van der Waals surface area contributed by atoms with Crippen LogP contribution in [-0.4, -0.2) is 15.9 Å². The van der Waals surface area contributed by atoms with Gasteiger partial charge < -0.3 is 5.11 Å². The quantitative estimate of drug-likeness (QED) is 0.685. The van der Waals surface area contributed by atoms with Crippen LogP contribution in [-0.2, 0) is 0 Å². The molecule has 0 saturated carbocycles. The van der Waals surface area contributed by atoms with Crippen LogP contribution in [0.2, 0.25) is 0 Å². The monoisotopic (exact) mass is 273 g/mol. The van der Waals surface area contributed by atoms with Gasteiger partial charge in [-0.1, -0.05) is 6.08 Å². The highest BCUT2D eigenvalue weighted by molar-refractivity contribution is 7.12. The Bertz CT molecular complexity index is 633. The molecule has 0 saturated heterocycles. The minimum atomic E-state index is -0.0385. The summed E-state index contributed by atoms with van der Waals surface area (Å²) in [7, 11) is 0. The molecule has 0 aliphatic heterocycles. The number of aryl methyl sites for hydroxylation is 3. The second-order valence-electron chi connectivity index (χ2n) is 4.47. The summed E-state index contributed by atoms with van der Waals surface area (Å²) < 4.78 is 0. The van der Waals surface area contributed by atoms with E-state index in [1.165, 1.54) is 11.3 Å². The molecule has 3 nitrogen and oxygen atoms in total. The molecule has 1 heterocycles. The van der Waals surface area contributed by atoms with Gasteiger partial charge in [0.05, 0.1) is 16.1 Å². The molecule has 2 aromatic rings. The van der Waals surface area contributed by atoms with Crippen molar-refractivity contribution in [2.24, 2.45) is 0 Å². The van der Waals surface area contributed by atoms with E-state index in [0.29, 0.717) is 10.6 Å². The standard InChI is InChI=1S/C15H15NO2S/c1-9-6-12(7-10(2)14(9)18)4-5-13(17)15-11(3)16-8-19-15/h4-8,18H,1-3H3/b5-4-. The van der Waals surface area contributed by atoms with E-state index in [2.05, 4.69) is 4.98 Å². The summed E-state index contributed by atoms with van der Waals surface area (Å²) >= 11 is 1.35. The van der Waals surface area contributed by atoms with Gasteiger partial charge >= 0.3 is 0 Å². The number of aromatic hydroxyl groups is 1. The first kappa shape index (κ1) is 13.5. The third kappa shape index (κ3) is 2.90. The van der Waals surface area contributed by atoms with Crippen molar-refractivity contribution in [3.63, 3.8) is 0 Å². The predicted octanol–water partition coefficient (Wildman–Crippen LogP) is 3.67. The highest BCUT2D eigenvalue weighted by Crippen LogP contribution is 2.23. The van der Waals surface area contributed by atoms with Gasteiger partial charge in [-0.25, -0.2) is 4.98 Å². The Morgan fingerprint density at radius 3 is 2.42 bits per heavy atom. The number of hydrogen-bond acceptors (Lipinski definition) is 4. The fraction of sp³-hybridized carbons (Fsp3) is 0.200. The molecular formula is C15H15NO2S. The van der Waals surface area contributed by atoms with Crippen LogP contribution in [0.4, 0.5) is 0 Å². The van der Waals surface area contributed by atoms with Crippen molar-refractivity contribution in [2.75, 3.05) is 0 Å². The highest BCUT2D eigenvalue weighted by atomic mass is 32.1. The van der Waals surface area contributed by atoms with Crippen molar-refractivity contribution < 1.29 is 9.90 Å². The van der Waals surface area contributed by atoms with Gasteiger partial charge in [0.2, 0.25) is 0 Å². The van der Waals surface area contributed by atoms with E-state index < -0.39 is 0 Å². The highest BCUT2D eigenvalue weighted by Gasteiger charge is 2.08. The lowest BCUT2D eigenvalue weighted by Crippen LogP contribution is -1.93. The van der Waals surface area contributed by atoms with Crippen LogP contribution in [0.1, 0.15) is 32.1 Å².